The Hall–Kier alpha value is -0.970. The molecular weight excluding hydrogens is 307 g/mol. The van der Waals surface area contributed by atoms with Gasteiger partial charge < -0.3 is 5.73 Å². The highest BCUT2D eigenvalue weighted by Gasteiger charge is 2.14. The molecule has 0 spiro atoms. The van der Waals surface area contributed by atoms with Crippen LogP contribution in [0.5, 0.6) is 0 Å². The van der Waals surface area contributed by atoms with E-state index in [2.05, 4.69) is 20.9 Å². The third-order valence-electron chi connectivity index (χ3n) is 2.44. The fraction of sp³-hybridized carbons (Fsp3) is 0.0833. The zero-order valence-corrected chi connectivity index (χ0v) is 11.0. The number of aromatic nitrogens is 1. The Bertz CT molecular complexity index is 548. The summed E-state index contributed by atoms with van der Waals surface area (Å²) in [5.74, 6) is -0.418. The SMILES string of the molecule is NC(c1ccc(Br)c(Cl)c1)c1ccncc1F. The molecule has 1 atom stereocenters. The van der Waals surface area contributed by atoms with Gasteiger partial charge in [0.1, 0.15) is 5.82 Å². The van der Waals surface area contributed by atoms with E-state index in [-0.39, 0.29) is 0 Å². The van der Waals surface area contributed by atoms with E-state index in [4.69, 9.17) is 17.3 Å². The van der Waals surface area contributed by atoms with Crippen LogP contribution in [0.4, 0.5) is 4.39 Å². The minimum absolute atomic E-state index is 0.401. The van der Waals surface area contributed by atoms with Gasteiger partial charge in [0.25, 0.3) is 0 Å². The van der Waals surface area contributed by atoms with Crippen molar-refractivity contribution in [2.24, 2.45) is 5.73 Å². The van der Waals surface area contributed by atoms with Crippen LogP contribution in [0.25, 0.3) is 0 Å². The molecule has 17 heavy (non-hydrogen) atoms. The Kier molecular flexibility index (Phi) is 3.76. The van der Waals surface area contributed by atoms with Gasteiger partial charge >= 0.3 is 0 Å². The molecule has 5 heteroatoms. The smallest absolute Gasteiger partial charge is 0.146 e. The van der Waals surface area contributed by atoms with Gasteiger partial charge in [0.05, 0.1) is 17.3 Å². The molecular formula is C12H9BrClFN2. The molecule has 1 aromatic carbocycles. The molecule has 0 radical (unpaired) electrons. The van der Waals surface area contributed by atoms with E-state index in [0.717, 1.165) is 16.2 Å². The molecule has 2 N–H and O–H groups in total. The number of benzene rings is 1. The molecule has 0 saturated carbocycles. The van der Waals surface area contributed by atoms with Crippen molar-refractivity contribution in [1.29, 1.82) is 0 Å². The Morgan fingerprint density at radius 2 is 2.12 bits per heavy atom. The van der Waals surface area contributed by atoms with Gasteiger partial charge in [0.15, 0.2) is 0 Å². The Morgan fingerprint density at radius 3 is 2.76 bits per heavy atom. The standard InChI is InChI=1S/C12H9BrClFN2/c13-9-2-1-7(5-10(9)14)12(16)8-3-4-17-6-11(8)15/h1-6,12H,16H2. The molecule has 2 rings (SSSR count). The summed E-state index contributed by atoms with van der Waals surface area (Å²) in [6.45, 7) is 0. The zero-order chi connectivity index (χ0) is 12.4. The Morgan fingerprint density at radius 1 is 1.35 bits per heavy atom. The average Bonchev–Trinajstić information content (AvgIpc) is 2.32. The number of halogens is 3. The third kappa shape index (κ3) is 2.65. The van der Waals surface area contributed by atoms with Crippen molar-refractivity contribution in [1.82, 2.24) is 4.98 Å². The lowest BCUT2D eigenvalue weighted by molar-refractivity contribution is 0.593. The molecule has 0 amide bonds. The first kappa shape index (κ1) is 12.5. The van der Waals surface area contributed by atoms with Gasteiger partial charge in [-0.3, -0.25) is 4.98 Å². The normalized spacial score (nSPS) is 12.5. The Balaban J connectivity index is 2.40. The maximum atomic E-state index is 13.5. The molecule has 0 aliphatic heterocycles. The average molecular weight is 316 g/mol. The number of hydrogen-bond acceptors (Lipinski definition) is 2. The minimum atomic E-state index is -0.552. The first-order chi connectivity index (χ1) is 8.09. The Labute approximate surface area is 112 Å². The predicted octanol–water partition coefficient (Wildman–Crippen LogP) is 3.68. The minimum Gasteiger partial charge on any atom is -0.320 e. The van der Waals surface area contributed by atoms with Crippen molar-refractivity contribution >= 4 is 27.5 Å². The summed E-state index contributed by atoms with van der Waals surface area (Å²) in [6, 6.07) is 6.33. The summed E-state index contributed by atoms with van der Waals surface area (Å²) in [6.07, 6.45) is 2.66. The van der Waals surface area contributed by atoms with Crippen molar-refractivity contribution in [3.63, 3.8) is 0 Å². The lowest BCUT2D eigenvalue weighted by Crippen LogP contribution is -2.13. The van der Waals surface area contributed by atoms with Crippen LogP contribution in [0.2, 0.25) is 5.02 Å². The molecule has 1 aromatic heterocycles. The van der Waals surface area contributed by atoms with Crippen molar-refractivity contribution in [3.05, 3.63) is 63.1 Å². The van der Waals surface area contributed by atoms with E-state index >= 15 is 0 Å². The van der Waals surface area contributed by atoms with Gasteiger partial charge in [-0.05, 0) is 39.7 Å². The number of pyridine rings is 1. The van der Waals surface area contributed by atoms with Crippen LogP contribution in [0.1, 0.15) is 17.2 Å². The van der Waals surface area contributed by atoms with Gasteiger partial charge in [-0.15, -0.1) is 0 Å². The molecule has 2 aromatic rings. The second-order valence-electron chi connectivity index (χ2n) is 3.55. The van der Waals surface area contributed by atoms with E-state index in [1.807, 2.05) is 0 Å². The van der Waals surface area contributed by atoms with E-state index in [1.165, 1.54) is 6.20 Å². The summed E-state index contributed by atoms with van der Waals surface area (Å²) >= 11 is 9.27. The first-order valence-corrected chi connectivity index (χ1v) is 6.06. The number of nitrogens with zero attached hydrogens (tertiary/aromatic N) is 1. The highest BCUT2D eigenvalue weighted by Crippen LogP contribution is 2.28. The molecule has 88 valence electrons. The number of nitrogens with two attached hydrogens (primary N) is 1. The van der Waals surface area contributed by atoms with Gasteiger partial charge in [-0.25, -0.2) is 4.39 Å². The third-order valence-corrected chi connectivity index (χ3v) is 3.67. The largest absolute Gasteiger partial charge is 0.320 e. The van der Waals surface area contributed by atoms with Gasteiger partial charge in [0, 0.05) is 16.2 Å². The van der Waals surface area contributed by atoms with Crippen molar-refractivity contribution < 1.29 is 4.39 Å². The lowest BCUT2D eigenvalue weighted by Gasteiger charge is -2.13. The monoisotopic (exact) mass is 314 g/mol. The van der Waals surface area contributed by atoms with E-state index in [9.17, 15) is 4.39 Å². The molecule has 0 fully saturated rings. The zero-order valence-electron chi connectivity index (χ0n) is 8.70. The maximum Gasteiger partial charge on any atom is 0.146 e. The van der Waals surface area contributed by atoms with Crippen LogP contribution < -0.4 is 5.73 Å². The lowest BCUT2D eigenvalue weighted by atomic mass is 10.0. The number of rotatable bonds is 2. The van der Waals surface area contributed by atoms with E-state index < -0.39 is 11.9 Å². The van der Waals surface area contributed by atoms with E-state index in [0.29, 0.717) is 10.6 Å². The summed E-state index contributed by atoms with van der Waals surface area (Å²) < 4.78 is 14.3. The molecule has 0 aliphatic rings. The van der Waals surface area contributed by atoms with Crippen LogP contribution >= 0.6 is 27.5 Å². The molecule has 0 bridgehead atoms. The second-order valence-corrected chi connectivity index (χ2v) is 4.81. The fourth-order valence-electron chi connectivity index (χ4n) is 1.52. The summed E-state index contributed by atoms with van der Waals surface area (Å²) in [7, 11) is 0. The summed E-state index contributed by atoms with van der Waals surface area (Å²) in [4.78, 5) is 3.69. The summed E-state index contributed by atoms with van der Waals surface area (Å²) in [5.41, 5.74) is 7.15. The van der Waals surface area contributed by atoms with Gasteiger partial charge in [0.2, 0.25) is 0 Å². The van der Waals surface area contributed by atoms with Crippen molar-refractivity contribution in [2.75, 3.05) is 0 Å². The van der Waals surface area contributed by atoms with Crippen LogP contribution in [-0.4, -0.2) is 4.98 Å². The number of hydrogen-bond donors (Lipinski definition) is 1. The van der Waals surface area contributed by atoms with Crippen LogP contribution in [-0.2, 0) is 0 Å². The molecule has 2 nitrogen and oxygen atoms in total. The van der Waals surface area contributed by atoms with Crippen molar-refractivity contribution in [2.45, 2.75) is 6.04 Å². The maximum absolute atomic E-state index is 13.5. The summed E-state index contributed by atoms with van der Waals surface area (Å²) in [5, 5.41) is 0.549. The quantitative estimate of drug-likeness (QED) is 0.918. The topological polar surface area (TPSA) is 38.9 Å². The van der Waals surface area contributed by atoms with Gasteiger partial charge in [-0.2, -0.15) is 0 Å². The highest BCUT2D eigenvalue weighted by atomic mass is 79.9. The molecule has 0 aliphatic carbocycles. The fourth-order valence-corrected chi connectivity index (χ4v) is 1.96. The van der Waals surface area contributed by atoms with Gasteiger partial charge in [-0.1, -0.05) is 17.7 Å². The molecule has 1 heterocycles. The molecule has 0 saturated heterocycles. The van der Waals surface area contributed by atoms with Crippen LogP contribution in [0.3, 0.4) is 0 Å². The van der Waals surface area contributed by atoms with E-state index in [1.54, 1.807) is 24.3 Å². The first-order valence-electron chi connectivity index (χ1n) is 4.89. The highest BCUT2D eigenvalue weighted by molar-refractivity contribution is 9.10. The second kappa shape index (κ2) is 5.12. The van der Waals surface area contributed by atoms with Crippen LogP contribution in [0.15, 0.2) is 41.1 Å². The molecule has 1 unspecified atom stereocenters. The van der Waals surface area contributed by atoms with Crippen LogP contribution in [0, 0.1) is 5.82 Å². The predicted molar refractivity (Wildman–Crippen MR) is 69.4 cm³/mol. The van der Waals surface area contributed by atoms with Crippen molar-refractivity contribution in [3.8, 4) is 0 Å².